The normalized spacial score (nSPS) is 20.6. The predicted octanol–water partition coefficient (Wildman–Crippen LogP) is 2.58. The van der Waals surface area contributed by atoms with Crippen LogP contribution in [-0.4, -0.2) is 74.5 Å². The summed E-state index contributed by atoms with van der Waals surface area (Å²) in [4.78, 5) is 46.0. The number of amides is 2. The van der Waals surface area contributed by atoms with Crippen LogP contribution < -0.4 is 5.32 Å². The summed E-state index contributed by atoms with van der Waals surface area (Å²) in [5.74, 6) is -1.08. The van der Waals surface area contributed by atoms with Crippen molar-refractivity contribution < 1.29 is 23.9 Å². The highest BCUT2D eigenvalue weighted by atomic mass is 16.4. The standard InChI is InChI=1S/C27H31N5O5/c33-25(32-13-11-28-15-20(32)14-19-6-2-1-3-7-19)22-17-31(18-29-22)23-8-4-5-12-30(26(23)34)16-21-9-10-24(37-21)27(35)36/h1-3,6-7,9-10,17-18,20,23,28H,4-5,8,11-16H2,(H,35,36)/t20-,23?/m1/s1. The second kappa shape index (κ2) is 11.0. The van der Waals surface area contributed by atoms with E-state index in [0.717, 1.165) is 25.8 Å². The highest BCUT2D eigenvalue weighted by Gasteiger charge is 2.32. The van der Waals surface area contributed by atoms with Crippen LogP contribution in [0.4, 0.5) is 0 Å². The number of hydrogen-bond donors (Lipinski definition) is 2. The Hall–Kier alpha value is -3.92. The fourth-order valence-electron chi connectivity index (χ4n) is 5.15. The van der Waals surface area contributed by atoms with Gasteiger partial charge in [-0.15, -0.1) is 0 Å². The zero-order valence-corrected chi connectivity index (χ0v) is 20.6. The molecule has 1 aromatic carbocycles. The summed E-state index contributed by atoms with van der Waals surface area (Å²) >= 11 is 0. The smallest absolute Gasteiger partial charge is 0.371 e. The molecule has 10 heteroatoms. The summed E-state index contributed by atoms with van der Waals surface area (Å²) in [7, 11) is 0. The van der Waals surface area contributed by atoms with E-state index >= 15 is 0 Å². The molecule has 2 N–H and O–H groups in total. The van der Waals surface area contributed by atoms with E-state index in [9.17, 15) is 14.4 Å². The fraction of sp³-hybridized carbons (Fsp3) is 0.407. The maximum absolute atomic E-state index is 13.5. The molecule has 2 atom stereocenters. The number of aromatic carboxylic acids is 1. The number of likely N-dealkylation sites (tertiary alicyclic amines) is 1. The topological polar surface area (TPSA) is 121 Å². The maximum Gasteiger partial charge on any atom is 0.371 e. The van der Waals surface area contributed by atoms with Crippen molar-refractivity contribution in [2.24, 2.45) is 0 Å². The number of nitrogens with one attached hydrogen (secondary N) is 1. The van der Waals surface area contributed by atoms with Crippen LogP contribution in [0.15, 0.2) is 59.4 Å². The molecule has 0 spiro atoms. The van der Waals surface area contributed by atoms with E-state index in [2.05, 4.69) is 22.4 Å². The summed E-state index contributed by atoms with van der Waals surface area (Å²) in [6, 6.07) is 12.7. The van der Waals surface area contributed by atoms with Gasteiger partial charge in [-0.2, -0.15) is 0 Å². The van der Waals surface area contributed by atoms with Crippen LogP contribution in [0.3, 0.4) is 0 Å². The van der Waals surface area contributed by atoms with Gasteiger partial charge in [-0.3, -0.25) is 9.59 Å². The lowest BCUT2D eigenvalue weighted by atomic mass is 10.0. The van der Waals surface area contributed by atoms with Crippen molar-refractivity contribution in [3.8, 4) is 0 Å². The molecule has 0 radical (unpaired) electrons. The van der Waals surface area contributed by atoms with Crippen molar-refractivity contribution in [1.29, 1.82) is 0 Å². The molecule has 1 unspecified atom stereocenters. The average molecular weight is 506 g/mol. The second-order valence-corrected chi connectivity index (χ2v) is 9.59. The largest absolute Gasteiger partial charge is 0.475 e. The Morgan fingerprint density at radius 2 is 1.95 bits per heavy atom. The average Bonchev–Trinajstić information content (AvgIpc) is 3.55. The van der Waals surface area contributed by atoms with Gasteiger partial charge in [0.2, 0.25) is 11.7 Å². The summed E-state index contributed by atoms with van der Waals surface area (Å²) in [6.07, 6.45) is 6.34. The molecule has 194 valence electrons. The van der Waals surface area contributed by atoms with Crippen LogP contribution in [0, 0.1) is 0 Å². The summed E-state index contributed by atoms with van der Waals surface area (Å²) < 4.78 is 7.11. The van der Waals surface area contributed by atoms with Gasteiger partial charge in [0, 0.05) is 38.4 Å². The summed E-state index contributed by atoms with van der Waals surface area (Å²) in [5.41, 5.74) is 1.51. The number of carboxylic acid groups (broad SMARTS) is 1. The molecule has 4 heterocycles. The van der Waals surface area contributed by atoms with Gasteiger partial charge in [0.25, 0.3) is 5.91 Å². The Morgan fingerprint density at radius 3 is 2.73 bits per heavy atom. The fourth-order valence-corrected chi connectivity index (χ4v) is 5.15. The van der Waals surface area contributed by atoms with E-state index in [1.807, 2.05) is 23.1 Å². The number of piperazine rings is 1. The van der Waals surface area contributed by atoms with Gasteiger partial charge in [0.1, 0.15) is 17.5 Å². The minimum atomic E-state index is -1.14. The third kappa shape index (κ3) is 5.59. The quantitative estimate of drug-likeness (QED) is 0.506. The molecule has 2 saturated heterocycles. The highest BCUT2D eigenvalue weighted by Crippen LogP contribution is 2.25. The monoisotopic (exact) mass is 505 g/mol. The van der Waals surface area contributed by atoms with Crippen LogP contribution in [0.25, 0.3) is 0 Å². The lowest BCUT2D eigenvalue weighted by Gasteiger charge is -2.36. The van der Waals surface area contributed by atoms with Crippen molar-refractivity contribution in [3.63, 3.8) is 0 Å². The van der Waals surface area contributed by atoms with E-state index in [-0.39, 0.29) is 30.2 Å². The lowest BCUT2D eigenvalue weighted by Crippen LogP contribution is -2.54. The van der Waals surface area contributed by atoms with Gasteiger partial charge in [-0.25, -0.2) is 9.78 Å². The van der Waals surface area contributed by atoms with Gasteiger partial charge in [-0.1, -0.05) is 30.3 Å². The molecule has 2 aliphatic heterocycles. The molecule has 37 heavy (non-hydrogen) atoms. The Morgan fingerprint density at radius 1 is 1.11 bits per heavy atom. The van der Waals surface area contributed by atoms with E-state index in [1.54, 1.807) is 28.1 Å². The molecule has 3 aromatic rings. The first-order valence-corrected chi connectivity index (χ1v) is 12.7. The minimum absolute atomic E-state index is 0.0211. The molecule has 2 aliphatic rings. The first-order valence-electron chi connectivity index (χ1n) is 12.7. The maximum atomic E-state index is 13.5. The zero-order chi connectivity index (χ0) is 25.8. The van der Waals surface area contributed by atoms with Crippen molar-refractivity contribution >= 4 is 17.8 Å². The lowest BCUT2D eigenvalue weighted by molar-refractivity contribution is -0.135. The first-order chi connectivity index (χ1) is 18.0. The number of rotatable bonds is 7. The van der Waals surface area contributed by atoms with Crippen LogP contribution in [0.5, 0.6) is 0 Å². The third-order valence-corrected chi connectivity index (χ3v) is 7.08. The molecular weight excluding hydrogens is 474 g/mol. The number of aromatic nitrogens is 2. The number of carboxylic acids is 1. The summed E-state index contributed by atoms with van der Waals surface area (Å²) in [6.45, 7) is 2.80. The number of hydrogen-bond acceptors (Lipinski definition) is 6. The van der Waals surface area contributed by atoms with Crippen LogP contribution in [-0.2, 0) is 17.8 Å². The highest BCUT2D eigenvalue weighted by molar-refractivity contribution is 5.92. The van der Waals surface area contributed by atoms with Crippen molar-refractivity contribution in [1.82, 2.24) is 24.7 Å². The van der Waals surface area contributed by atoms with Crippen molar-refractivity contribution in [2.75, 3.05) is 26.2 Å². The molecule has 2 amide bonds. The number of carbonyl (C=O) groups excluding carboxylic acids is 2. The molecule has 10 nitrogen and oxygen atoms in total. The zero-order valence-electron chi connectivity index (χ0n) is 20.6. The minimum Gasteiger partial charge on any atom is -0.475 e. The van der Waals surface area contributed by atoms with Gasteiger partial charge in [0.15, 0.2) is 0 Å². The molecule has 0 aliphatic carbocycles. The second-order valence-electron chi connectivity index (χ2n) is 9.59. The first kappa shape index (κ1) is 24.8. The summed E-state index contributed by atoms with van der Waals surface area (Å²) in [5, 5.41) is 12.5. The van der Waals surface area contributed by atoms with Gasteiger partial charge >= 0.3 is 5.97 Å². The molecule has 2 fully saturated rings. The predicted molar refractivity (Wildman–Crippen MR) is 134 cm³/mol. The Balaban J connectivity index is 1.29. The number of benzene rings is 1. The SMILES string of the molecule is O=C(O)c1ccc(CN2CCCCC(n3cnc(C(=O)N4CCNC[C@H]4Cc4ccccc4)c3)C2=O)o1. The molecule has 5 rings (SSSR count). The van der Waals surface area contributed by atoms with Gasteiger partial charge < -0.3 is 29.2 Å². The van der Waals surface area contributed by atoms with E-state index in [0.29, 0.717) is 37.5 Å². The Bertz CT molecular complexity index is 1250. The van der Waals surface area contributed by atoms with E-state index < -0.39 is 12.0 Å². The van der Waals surface area contributed by atoms with Crippen molar-refractivity contribution in [2.45, 2.75) is 44.3 Å². The Kier molecular flexibility index (Phi) is 7.36. The number of furan rings is 1. The van der Waals surface area contributed by atoms with E-state index in [1.165, 1.54) is 11.6 Å². The van der Waals surface area contributed by atoms with Crippen LogP contribution in [0.1, 0.15) is 57.7 Å². The number of carbonyl (C=O) groups is 3. The number of nitrogens with zero attached hydrogens (tertiary/aromatic N) is 4. The Labute approximate surface area is 214 Å². The third-order valence-electron chi connectivity index (χ3n) is 7.08. The molecule has 0 saturated carbocycles. The molecule has 0 bridgehead atoms. The molecular formula is C27H31N5O5. The van der Waals surface area contributed by atoms with Crippen LogP contribution >= 0.6 is 0 Å². The van der Waals surface area contributed by atoms with E-state index in [4.69, 9.17) is 9.52 Å². The number of imidazole rings is 1. The van der Waals surface area contributed by atoms with Gasteiger partial charge in [-0.05, 0) is 43.4 Å². The van der Waals surface area contributed by atoms with Gasteiger partial charge in [0.05, 0.1) is 12.9 Å². The van der Waals surface area contributed by atoms with Crippen molar-refractivity contribution in [3.05, 3.63) is 77.8 Å². The molecule has 2 aromatic heterocycles. The van der Waals surface area contributed by atoms with Crippen LogP contribution in [0.2, 0.25) is 0 Å².